The fraction of sp³-hybridized carbons (Fsp3) is 0.107. The van der Waals surface area contributed by atoms with E-state index in [1.807, 2.05) is 73.2 Å². The van der Waals surface area contributed by atoms with Gasteiger partial charge in [0.2, 0.25) is 0 Å². The molecule has 0 saturated heterocycles. The van der Waals surface area contributed by atoms with Crippen LogP contribution in [-0.2, 0) is 56.5 Å². The molecule has 0 amide bonds. The Morgan fingerprint density at radius 2 is 0.508 bits per heavy atom. The molecule has 624 valence electrons. The van der Waals surface area contributed by atoms with E-state index >= 15 is 0 Å². The van der Waals surface area contributed by atoms with E-state index in [2.05, 4.69) is 247 Å². The maximum atomic E-state index is 13.7. The number of hydrogen-bond acceptors (Lipinski definition) is 6. The summed E-state index contributed by atoms with van der Waals surface area (Å²) in [5.74, 6) is -2.02. The Hall–Kier alpha value is -13.3. The second kappa shape index (κ2) is 36.8. The predicted octanol–water partition coefficient (Wildman–Crippen LogP) is 28.6. The van der Waals surface area contributed by atoms with Gasteiger partial charge in [-0.15, -0.1) is 159 Å². The van der Waals surface area contributed by atoms with Crippen LogP contribution in [0.2, 0.25) is 0 Å². The number of pyridine rings is 6. The standard InChI is InChI=1S/C24H18N.2C20H16N.3C16H10F2N.2Ir/c1-24(2)21-10-6-5-9-19(21)20-12-11-17(15-22(20)24)23-18-8-4-3-7-16(18)13-14-25-23;2*1-20(2)17-8-4-3-7-15(17)16-11-10-14(13-18(16)20)19-9-5-6-12-21-19;3*1-10-8-11(6-7-14(10)17)16-13-5-3-2-4-12(13)15(18)9-19-16;;/h3-10,12-15H,1-2H3;2*3-9,11-13H,1-2H3;3*2-5,7-9H,1H3;;/q6*-1;;. The number of nitrogens with zero attached hydrogens (tertiary/aromatic N) is 6. The molecule has 19 aromatic rings. The molecule has 0 bridgehead atoms. The van der Waals surface area contributed by atoms with Crippen LogP contribution in [0.1, 0.15) is 91.6 Å². The third kappa shape index (κ3) is 17.1. The molecule has 0 fully saturated rings. The normalized spacial score (nSPS) is 12.6. The van der Waals surface area contributed by atoms with E-state index in [0.717, 1.165) is 33.8 Å². The molecule has 0 saturated carbocycles. The Bertz CT molecular complexity index is 6840. The molecule has 14 heteroatoms. The number of fused-ring (bicyclic) bond motifs is 13. The zero-order valence-electron chi connectivity index (χ0n) is 70.2. The second-order valence-corrected chi connectivity index (χ2v) is 32.5. The van der Waals surface area contributed by atoms with Crippen molar-refractivity contribution in [3.05, 3.63) is 444 Å². The number of rotatable bonds is 6. The number of aromatic nitrogens is 6. The van der Waals surface area contributed by atoms with Crippen LogP contribution >= 0.6 is 0 Å². The second-order valence-electron chi connectivity index (χ2n) is 32.5. The van der Waals surface area contributed by atoms with Crippen molar-refractivity contribution >= 4 is 43.1 Å². The summed E-state index contributed by atoms with van der Waals surface area (Å²) in [6, 6.07) is 111. The van der Waals surface area contributed by atoms with Crippen molar-refractivity contribution in [1.29, 1.82) is 0 Å². The predicted molar refractivity (Wildman–Crippen MR) is 488 cm³/mol. The van der Waals surface area contributed by atoms with Gasteiger partial charge >= 0.3 is 0 Å². The van der Waals surface area contributed by atoms with Crippen molar-refractivity contribution in [2.45, 2.75) is 78.6 Å². The SMILES string of the molecule is CC1(C)c2ccccc2-c2c[c-]c(-c3ccccn3)cc21.CC1(C)c2ccccc2-c2c[c-]c(-c3ccccn3)cc21.CC1(C)c2ccccc2-c2c[c-]c(-c3nccc4ccccc34)cc21.Cc1cc(-c2ncc(F)c3ccccc23)[c-]cc1F.Cc1cc(-c2ncc(F)c3ccccc23)[c-]cc1F.Cc1cc(-c2ncc(F)c3ccccc23)[c-]cc1F.[Ir].[Ir]. The number of halogens is 6. The Balaban J connectivity index is 0.000000117. The minimum Gasteiger partial charge on any atom is -0.305 e. The zero-order valence-corrected chi connectivity index (χ0v) is 75.0. The van der Waals surface area contributed by atoms with Gasteiger partial charge in [-0.2, -0.15) is 0 Å². The summed E-state index contributed by atoms with van der Waals surface area (Å²) >= 11 is 0. The summed E-state index contributed by atoms with van der Waals surface area (Å²) in [5.41, 5.74) is 27.8. The molecule has 22 rings (SSSR count). The Morgan fingerprint density at radius 3 is 0.849 bits per heavy atom. The average Bonchev–Trinajstić information content (AvgIpc) is 1.59. The van der Waals surface area contributed by atoms with Crippen molar-refractivity contribution in [2.24, 2.45) is 0 Å². The summed E-state index contributed by atoms with van der Waals surface area (Å²) in [4.78, 5) is 25.9. The quantitative estimate of drug-likeness (QED) is 0.122. The van der Waals surface area contributed by atoms with Crippen LogP contribution in [0.5, 0.6) is 0 Å². The van der Waals surface area contributed by atoms with Crippen molar-refractivity contribution in [3.63, 3.8) is 0 Å². The van der Waals surface area contributed by atoms with Crippen LogP contribution in [0.4, 0.5) is 26.3 Å². The van der Waals surface area contributed by atoms with Crippen molar-refractivity contribution in [3.8, 4) is 101 Å². The molecule has 13 aromatic carbocycles. The van der Waals surface area contributed by atoms with Gasteiger partial charge in [0.25, 0.3) is 0 Å². The van der Waals surface area contributed by atoms with E-state index in [9.17, 15) is 26.3 Å². The van der Waals surface area contributed by atoms with E-state index in [0.29, 0.717) is 82.8 Å². The van der Waals surface area contributed by atoms with Crippen LogP contribution < -0.4 is 0 Å². The largest absolute Gasteiger partial charge is 0.305 e. The summed E-state index contributed by atoms with van der Waals surface area (Å²) in [6.07, 6.45) is 9.10. The molecular weight excluding hydrogens is 1930 g/mol. The minimum atomic E-state index is -0.363. The van der Waals surface area contributed by atoms with Gasteiger partial charge in [0.05, 0.1) is 18.6 Å². The van der Waals surface area contributed by atoms with E-state index in [4.69, 9.17) is 0 Å². The van der Waals surface area contributed by atoms with E-state index in [1.54, 1.807) is 93.6 Å². The molecule has 0 spiro atoms. The summed E-state index contributed by atoms with van der Waals surface area (Å²) in [5, 5.41) is 5.99. The topological polar surface area (TPSA) is 77.3 Å². The van der Waals surface area contributed by atoms with Gasteiger partial charge in [-0.05, 0) is 112 Å². The molecular formula is C112H80F6Ir2N6-6. The summed E-state index contributed by atoms with van der Waals surface area (Å²) in [7, 11) is 0. The molecule has 6 aromatic heterocycles. The maximum absolute atomic E-state index is 13.7. The van der Waals surface area contributed by atoms with Gasteiger partial charge < -0.3 is 29.9 Å². The minimum absolute atomic E-state index is 0. The zero-order chi connectivity index (χ0) is 86.1. The first kappa shape index (κ1) is 87.6. The van der Waals surface area contributed by atoms with Crippen LogP contribution in [0.3, 0.4) is 0 Å². The molecule has 0 unspecified atom stereocenters. The molecule has 3 aliphatic carbocycles. The number of hydrogen-bond donors (Lipinski definition) is 0. The molecule has 2 radical (unpaired) electrons. The van der Waals surface area contributed by atoms with Gasteiger partial charge in [0.1, 0.15) is 17.5 Å². The molecule has 6 nitrogen and oxygen atoms in total. The van der Waals surface area contributed by atoms with Gasteiger partial charge in [0, 0.05) is 92.4 Å². The van der Waals surface area contributed by atoms with Gasteiger partial charge in [0.15, 0.2) is 0 Å². The van der Waals surface area contributed by atoms with Crippen LogP contribution in [0.15, 0.2) is 322 Å². The molecule has 6 heterocycles. The smallest absolute Gasteiger partial charge is 0.147 e. The first-order valence-electron chi connectivity index (χ1n) is 40.8. The van der Waals surface area contributed by atoms with Crippen LogP contribution in [0.25, 0.3) is 144 Å². The first-order valence-corrected chi connectivity index (χ1v) is 40.8. The van der Waals surface area contributed by atoms with Crippen LogP contribution in [-0.4, -0.2) is 29.9 Å². The van der Waals surface area contributed by atoms with E-state index in [1.165, 1.54) is 114 Å². The third-order valence-electron chi connectivity index (χ3n) is 23.6. The van der Waals surface area contributed by atoms with E-state index in [-0.39, 0.29) is 91.4 Å². The van der Waals surface area contributed by atoms with Crippen LogP contribution in [0, 0.1) is 92.1 Å². The van der Waals surface area contributed by atoms with Crippen molar-refractivity contribution < 1.29 is 66.6 Å². The third-order valence-corrected chi connectivity index (χ3v) is 23.6. The average molecular weight is 2010 g/mol. The molecule has 0 aliphatic heterocycles. The Morgan fingerprint density at radius 1 is 0.230 bits per heavy atom. The fourth-order valence-corrected chi connectivity index (χ4v) is 17.0. The first-order chi connectivity index (χ1) is 60.0. The van der Waals surface area contributed by atoms with Gasteiger partial charge in [-0.25, -0.2) is 13.2 Å². The van der Waals surface area contributed by atoms with E-state index < -0.39 is 0 Å². The van der Waals surface area contributed by atoms with Crippen molar-refractivity contribution in [1.82, 2.24) is 29.9 Å². The van der Waals surface area contributed by atoms with Gasteiger partial charge in [-0.3, -0.25) is 13.2 Å². The fourth-order valence-electron chi connectivity index (χ4n) is 17.0. The number of aryl methyl sites for hydroxylation is 3. The van der Waals surface area contributed by atoms with Crippen molar-refractivity contribution in [2.75, 3.05) is 0 Å². The Kier molecular flexibility index (Phi) is 25.6. The monoisotopic (exact) mass is 2010 g/mol. The molecule has 126 heavy (non-hydrogen) atoms. The summed E-state index contributed by atoms with van der Waals surface area (Å²) < 4.78 is 80.9. The molecule has 0 atom stereocenters. The Labute approximate surface area is 757 Å². The van der Waals surface area contributed by atoms with Gasteiger partial charge in [-0.1, -0.05) is 307 Å². The summed E-state index contributed by atoms with van der Waals surface area (Å²) in [6.45, 7) is 18.8. The maximum Gasteiger partial charge on any atom is 0.147 e. The molecule has 0 N–H and O–H groups in total. The molecule has 3 aliphatic rings. The number of benzene rings is 13.